The zero-order valence-corrected chi connectivity index (χ0v) is 21.3. The first-order valence-corrected chi connectivity index (χ1v) is 12.1. The van der Waals surface area contributed by atoms with Crippen molar-refractivity contribution in [2.24, 2.45) is 0 Å². The van der Waals surface area contributed by atoms with Crippen LogP contribution in [0.4, 0.5) is 0 Å². The molecule has 192 valence electrons. The molecule has 0 spiro atoms. The van der Waals surface area contributed by atoms with Crippen LogP contribution in [0.5, 0.6) is 0 Å². The van der Waals surface area contributed by atoms with Crippen LogP contribution in [0.3, 0.4) is 0 Å². The molecule has 4 aromatic heterocycles. The molecule has 5 heterocycles. The van der Waals surface area contributed by atoms with Gasteiger partial charge in [0.2, 0.25) is 0 Å². The predicted octanol–water partition coefficient (Wildman–Crippen LogP) is 3.86. The molecule has 0 radical (unpaired) electrons. The summed E-state index contributed by atoms with van der Waals surface area (Å²) < 4.78 is 3.38. The molecule has 12 heteroatoms. The maximum Gasteiger partial charge on any atom is 0.300 e. The molecule has 1 aromatic carbocycles. The second-order valence-electron chi connectivity index (χ2n) is 8.80. The Bertz CT molecular complexity index is 1670. The summed E-state index contributed by atoms with van der Waals surface area (Å²) in [7, 11) is 0. The number of hydrogen-bond acceptors (Lipinski definition) is 7. The molecule has 0 saturated heterocycles. The van der Waals surface area contributed by atoms with Crippen LogP contribution >= 0.6 is 11.6 Å². The molecule has 1 aliphatic heterocycles. The first-order chi connectivity index (χ1) is 18.3. The number of fused-ring (bicyclic) bond motifs is 1. The van der Waals surface area contributed by atoms with Crippen LogP contribution in [0.25, 0.3) is 28.1 Å². The number of H-pyrrole nitrogens is 1. The molecule has 1 aliphatic rings. The van der Waals surface area contributed by atoms with Crippen molar-refractivity contribution < 1.29 is 9.90 Å². The van der Waals surface area contributed by atoms with Crippen molar-refractivity contribution in [2.75, 3.05) is 0 Å². The lowest BCUT2D eigenvalue weighted by molar-refractivity contribution is -0.134. The van der Waals surface area contributed by atoms with E-state index in [1.165, 1.54) is 6.33 Å². The minimum atomic E-state index is -0.833. The number of hydrogen-bond donors (Lipinski definition) is 2. The Morgan fingerprint density at radius 1 is 1.13 bits per heavy atom. The van der Waals surface area contributed by atoms with Gasteiger partial charge in [-0.1, -0.05) is 11.6 Å². The van der Waals surface area contributed by atoms with Gasteiger partial charge in [-0.3, -0.25) is 14.6 Å². The summed E-state index contributed by atoms with van der Waals surface area (Å²) in [4.78, 5) is 34.6. The molecule has 2 N–H and O–H groups in total. The van der Waals surface area contributed by atoms with Crippen LogP contribution < -0.4 is 5.56 Å². The largest absolute Gasteiger partial charge is 0.481 e. The topological polar surface area (TPSA) is 144 Å². The van der Waals surface area contributed by atoms with Gasteiger partial charge in [0.15, 0.2) is 0 Å². The third-order valence-corrected chi connectivity index (χ3v) is 6.35. The van der Waals surface area contributed by atoms with Crippen molar-refractivity contribution >= 4 is 17.6 Å². The number of nitrogens with one attached hydrogen (secondary N) is 1. The Balaban J connectivity index is 0.000000689. The summed E-state index contributed by atoms with van der Waals surface area (Å²) >= 11 is 6.29. The maximum atomic E-state index is 13.3. The zero-order chi connectivity index (χ0) is 26.8. The highest BCUT2D eigenvalue weighted by atomic mass is 35.5. The number of nitrogens with zero attached hydrogens (tertiary/aromatic N) is 7. The van der Waals surface area contributed by atoms with E-state index in [9.17, 15) is 4.79 Å². The summed E-state index contributed by atoms with van der Waals surface area (Å²) in [6, 6.07) is 12.9. The third kappa shape index (κ3) is 5.09. The number of carboxylic acids is 1. The van der Waals surface area contributed by atoms with Crippen molar-refractivity contribution in [3.05, 3.63) is 93.8 Å². The summed E-state index contributed by atoms with van der Waals surface area (Å²) in [5, 5.41) is 19.4. The number of tetrazole rings is 1. The van der Waals surface area contributed by atoms with E-state index < -0.39 is 5.97 Å². The average Bonchev–Trinajstić information content (AvgIpc) is 3.64. The molecule has 38 heavy (non-hydrogen) atoms. The summed E-state index contributed by atoms with van der Waals surface area (Å²) in [5.74, 6) is -0.0600. The van der Waals surface area contributed by atoms with Gasteiger partial charge in [0, 0.05) is 46.7 Å². The van der Waals surface area contributed by atoms with Crippen LogP contribution in [-0.2, 0) is 11.2 Å². The van der Waals surface area contributed by atoms with E-state index in [1.54, 1.807) is 23.0 Å². The number of benzene rings is 1. The van der Waals surface area contributed by atoms with Gasteiger partial charge in [-0.2, -0.15) is 4.68 Å². The quantitative estimate of drug-likeness (QED) is 0.356. The molecule has 0 amide bonds. The molecule has 0 aliphatic carbocycles. The number of pyridine rings is 2. The Kier molecular flexibility index (Phi) is 6.84. The SMILES string of the molecule is CC(=O)O.Cc1cc(-c2cnc([C@@H]3CCc4cc(-c5cc(Cl)ccc5-n5cnnn5)cc(=O)n43)[nH]2)ccn1. The van der Waals surface area contributed by atoms with Gasteiger partial charge in [0.1, 0.15) is 12.2 Å². The second kappa shape index (κ2) is 10.4. The number of rotatable bonds is 4. The standard InChI is InChI=1S/C24H19ClN8O.C2H4O2/c1-14-8-15(6-7-26-14)20-12-27-24(29-20)22-5-3-18-9-16(10-23(34)33(18)22)19-11-17(25)2-4-21(19)32-13-28-30-31-32;1-2(3)4/h2,4,6-13,22H,3,5H2,1H3,(H,27,29);1H3,(H,3,4)/t22-;/m0./s1. The van der Waals surface area contributed by atoms with Gasteiger partial charge in [-0.15, -0.1) is 5.10 Å². The van der Waals surface area contributed by atoms with Crippen LogP contribution in [0.15, 0.2) is 66.0 Å². The molecule has 0 fully saturated rings. The van der Waals surface area contributed by atoms with E-state index in [2.05, 4.69) is 30.5 Å². The zero-order valence-electron chi connectivity index (χ0n) is 20.5. The molecular weight excluding hydrogens is 508 g/mol. The van der Waals surface area contributed by atoms with Crippen LogP contribution in [0.1, 0.15) is 36.6 Å². The van der Waals surface area contributed by atoms with Gasteiger partial charge < -0.3 is 14.7 Å². The van der Waals surface area contributed by atoms with Gasteiger partial charge in [-0.25, -0.2) is 4.98 Å². The number of imidazole rings is 1. The molecule has 0 saturated carbocycles. The number of aromatic nitrogens is 8. The number of aryl methyl sites for hydroxylation is 2. The molecule has 6 rings (SSSR count). The summed E-state index contributed by atoms with van der Waals surface area (Å²) in [6.07, 6.45) is 6.66. The first-order valence-electron chi connectivity index (χ1n) is 11.8. The summed E-state index contributed by atoms with van der Waals surface area (Å²) in [5.41, 5.74) is 6.03. The fourth-order valence-electron chi connectivity index (χ4n) is 4.59. The van der Waals surface area contributed by atoms with Gasteiger partial charge in [0.05, 0.1) is 23.6 Å². The second-order valence-corrected chi connectivity index (χ2v) is 9.24. The van der Waals surface area contributed by atoms with E-state index in [0.717, 1.165) is 65.0 Å². The lowest BCUT2D eigenvalue weighted by Crippen LogP contribution is -2.23. The Morgan fingerprint density at radius 2 is 1.95 bits per heavy atom. The van der Waals surface area contributed by atoms with Gasteiger partial charge in [0.25, 0.3) is 11.5 Å². The van der Waals surface area contributed by atoms with Crippen LogP contribution in [0.2, 0.25) is 5.02 Å². The molecule has 0 bridgehead atoms. The molecular formula is C26H23ClN8O3. The average molecular weight is 531 g/mol. The molecule has 0 unspecified atom stereocenters. The smallest absolute Gasteiger partial charge is 0.300 e. The van der Waals surface area contributed by atoms with Crippen molar-refractivity contribution in [3.8, 4) is 28.1 Å². The van der Waals surface area contributed by atoms with E-state index in [4.69, 9.17) is 21.5 Å². The van der Waals surface area contributed by atoms with Crippen molar-refractivity contribution in [2.45, 2.75) is 32.7 Å². The first kappa shape index (κ1) is 25.0. The van der Waals surface area contributed by atoms with E-state index in [0.29, 0.717) is 5.02 Å². The van der Waals surface area contributed by atoms with Crippen molar-refractivity contribution in [1.82, 2.24) is 39.7 Å². The Morgan fingerprint density at radius 3 is 2.68 bits per heavy atom. The summed E-state index contributed by atoms with van der Waals surface area (Å²) in [6.45, 7) is 3.04. The van der Waals surface area contributed by atoms with Crippen LogP contribution in [0, 0.1) is 6.92 Å². The fraction of sp³-hybridized carbons (Fsp3) is 0.192. The molecule has 5 aromatic rings. The van der Waals surface area contributed by atoms with Crippen molar-refractivity contribution in [1.29, 1.82) is 0 Å². The van der Waals surface area contributed by atoms with E-state index in [1.807, 2.05) is 48.0 Å². The lowest BCUT2D eigenvalue weighted by atomic mass is 10.0. The normalized spacial score (nSPS) is 14.0. The number of carboxylic acid groups (broad SMARTS) is 1. The minimum Gasteiger partial charge on any atom is -0.481 e. The number of carbonyl (C=O) groups is 1. The Labute approximate surface area is 221 Å². The van der Waals surface area contributed by atoms with Gasteiger partial charge >= 0.3 is 0 Å². The van der Waals surface area contributed by atoms with E-state index in [-0.39, 0.29) is 11.6 Å². The van der Waals surface area contributed by atoms with E-state index >= 15 is 0 Å². The van der Waals surface area contributed by atoms with Crippen molar-refractivity contribution in [3.63, 3.8) is 0 Å². The third-order valence-electron chi connectivity index (χ3n) is 6.12. The maximum absolute atomic E-state index is 13.3. The highest BCUT2D eigenvalue weighted by Crippen LogP contribution is 2.34. The molecule has 11 nitrogen and oxygen atoms in total. The highest BCUT2D eigenvalue weighted by molar-refractivity contribution is 6.31. The Hall–Kier alpha value is -4.64. The number of aliphatic carboxylic acids is 1. The van der Waals surface area contributed by atoms with Crippen LogP contribution in [-0.4, -0.2) is 50.8 Å². The monoisotopic (exact) mass is 530 g/mol. The number of aromatic amines is 1. The highest BCUT2D eigenvalue weighted by Gasteiger charge is 2.28. The van der Waals surface area contributed by atoms with Gasteiger partial charge in [-0.05, 0) is 72.2 Å². The lowest BCUT2D eigenvalue weighted by Gasteiger charge is -2.15. The fourth-order valence-corrected chi connectivity index (χ4v) is 4.76. The predicted molar refractivity (Wildman–Crippen MR) is 140 cm³/mol. The molecule has 1 atom stereocenters. The minimum absolute atomic E-state index is 0.0876. The number of halogens is 1.